The number of carboxylic acids is 2. The third-order valence-corrected chi connectivity index (χ3v) is 5.15. The summed E-state index contributed by atoms with van der Waals surface area (Å²) in [6.45, 7) is 3.32. The first-order valence-corrected chi connectivity index (χ1v) is 8.24. The van der Waals surface area contributed by atoms with E-state index in [2.05, 4.69) is 4.72 Å². The summed E-state index contributed by atoms with van der Waals surface area (Å²) in [5, 5.41) is 17.9. The molecule has 0 spiro atoms. The lowest BCUT2D eigenvalue weighted by atomic mass is 10.0. The Bertz CT molecular complexity index is 688. The Morgan fingerprint density at radius 2 is 1.91 bits per heavy atom. The highest BCUT2D eigenvalue weighted by molar-refractivity contribution is 7.89. The van der Waals surface area contributed by atoms with Gasteiger partial charge in [0.25, 0.3) is 0 Å². The molecule has 0 radical (unpaired) electrons. The van der Waals surface area contributed by atoms with Crippen molar-refractivity contribution in [1.82, 2.24) is 4.72 Å². The standard InChI is InChI=1S/C13H16ClNO6S/c1-3-7(2)11(13(18)19)15-22(20,21)10-6-8(12(16)17)4-5-9(10)14/h4-7,11,15H,3H2,1-2H3,(H,16,17)(H,18,19). The first-order chi connectivity index (χ1) is 10.1. The molecule has 0 aliphatic carbocycles. The summed E-state index contributed by atoms with van der Waals surface area (Å²) < 4.78 is 26.7. The van der Waals surface area contributed by atoms with Crippen molar-refractivity contribution < 1.29 is 28.2 Å². The number of benzene rings is 1. The van der Waals surface area contributed by atoms with Crippen molar-refractivity contribution in [2.75, 3.05) is 0 Å². The van der Waals surface area contributed by atoms with Crippen molar-refractivity contribution in [3.63, 3.8) is 0 Å². The van der Waals surface area contributed by atoms with Crippen LogP contribution in [0.5, 0.6) is 0 Å². The van der Waals surface area contributed by atoms with E-state index in [1.165, 1.54) is 0 Å². The zero-order valence-corrected chi connectivity index (χ0v) is 13.5. The topological polar surface area (TPSA) is 121 Å². The van der Waals surface area contributed by atoms with Gasteiger partial charge >= 0.3 is 11.9 Å². The largest absolute Gasteiger partial charge is 0.480 e. The number of nitrogens with one attached hydrogen (secondary N) is 1. The Balaban J connectivity index is 3.26. The lowest BCUT2D eigenvalue weighted by Gasteiger charge is -2.20. The Hall–Kier alpha value is -1.64. The molecule has 0 saturated heterocycles. The van der Waals surface area contributed by atoms with Gasteiger partial charge < -0.3 is 10.2 Å². The summed E-state index contributed by atoms with van der Waals surface area (Å²) in [5.41, 5.74) is -0.264. The van der Waals surface area contributed by atoms with Gasteiger partial charge in [0, 0.05) is 0 Å². The van der Waals surface area contributed by atoms with Gasteiger partial charge in [-0.2, -0.15) is 4.72 Å². The highest BCUT2D eigenvalue weighted by atomic mass is 35.5. The fourth-order valence-corrected chi connectivity index (χ4v) is 3.54. The van der Waals surface area contributed by atoms with Crippen LogP contribution in [0.25, 0.3) is 0 Å². The molecule has 0 saturated carbocycles. The summed E-state index contributed by atoms with van der Waals surface area (Å²) in [7, 11) is -4.27. The molecular weight excluding hydrogens is 334 g/mol. The van der Waals surface area contributed by atoms with Crippen LogP contribution in [-0.4, -0.2) is 36.6 Å². The zero-order valence-electron chi connectivity index (χ0n) is 11.9. The third-order valence-electron chi connectivity index (χ3n) is 3.23. The number of aliphatic carboxylic acids is 1. The Morgan fingerprint density at radius 3 is 2.36 bits per heavy atom. The second kappa shape index (κ2) is 7.08. The van der Waals surface area contributed by atoms with Gasteiger partial charge in [0.2, 0.25) is 10.0 Å². The Kier molecular flexibility index (Phi) is 5.92. The van der Waals surface area contributed by atoms with Crippen molar-refractivity contribution in [2.24, 2.45) is 5.92 Å². The van der Waals surface area contributed by atoms with Gasteiger partial charge in [0.15, 0.2) is 0 Å². The molecule has 0 amide bonds. The number of hydrogen-bond donors (Lipinski definition) is 3. The lowest BCUT2D eigenvalue weighted by Crippen LogP contribution is -2.45. The minimum absolute atomic E-state index is 0.189. The molecule has 2 unspecified atom stereocenters. The van der Waals surface area contributed by atoms with Crippen LogP contribution in [0, 0.1) is 5.92 Å². The van der Waals surface area contributed by atoms with Crippen molar-refractivity contribution >= 4 is 33.6 Å². The van der Waals surface area contributed by atoms with E-state index < -0.39 is 38.8 Å². The predicted molar refractivity (Wildman–Crippen MR) is 79.6 cm³/mol. The molecule has 1 rings (SSSR count). The van der Waals surface area contributed by atoms with Crippen LogP contribution in [0.4, 0.5) is 0 Å². The van der Waals surface area contributed by atoms with Crippen molar-refractivity contribution in [3.8, 4) is 0 Å². The van der Waals surface area contributed by atoms with Gasteiger partial charge in [0.1, 0.15) is 10.9 Å². The van der Waals surface area contributed by atoms with Gasteiger partial charge in [-0.25, -0.2) is 13.2 Å². The zero-order chi connectivity index (χ0) is 17.1. The first kappa shape index (κ1) is 18.4. The van der Waals surface area contributed by atoms with E-state index in [1.54, 1.807) is 13.8 Å². The average Bonchev–Trinajstić information content (AvgIpc) is 2.43. The van der Waals surface area contributed by atoms with Crippen molar-refractivity contribution in [2.45, 2.75) is 31.2 Å². The molecule has 0 aliphatic rings. The SMILES string of the molecule is CCC(C)C(NS(=O)(=O)c1cc(C(=O)O)ccc1Cl)C(=O)O. The third kappa shape index (κ3) is 4.19. The van der Waals surface area contributed by atoms with E-state index in [4.69, 9.17) is 21.8 Å². The van der Waals surface area contributed by atoms with E-state index in [1.807, 2.05) is 0 Å². The van der Waals surface area contributed by atoms with Crippen LogP contribution >= 0.6 is 11.6 Å². The van der Waals surface area contributed by atoms with Gasteiger partial charge in [-0.15, -0.1) is 0 Å². The van der Waals surface area contributed by atoms with Crippen LogP contribution < -0.4 is 4.72 Å². The van der Waals surface area contributed by atoms with Gasteiger partial charge in [-0.3, -0.25) is 4.79 Å². The van der Waals surface area contributed by atoms with E-state index in [0.29, 0.717) is 6.42 Å². The Morgan fingerprint density at radius 1 is 1.32 bits per heavy atom. The number of sulfonamides is 1. The fraction of sp³-hybridized carbons (Fsp3) is 0.385. The highest BCUT2D eigenvalue weighted by Gasteiger charge is 2.30. The van der Waals surface area contributed by atoms with Crippen molar-refractivity contribution in [1.29, 1.82) is 0 Å². The van der Waals surface area contributed by atoms with Crippen LogP contribution in [-0.2, 0) is 14.8 Å². The van der Waals surface area contributed by atoms with E-state index >= 15 is 0 Å². The number of carboxylic acid groups (broad SMARTS) is 2. The second-order valence-electron chi connectivity index (χ2n) is 4.77. The first-order valence-electron chi connectivity index (χ1n) is 6.38. The molecule has 2 atom stereocenters. The van der Waals surface area contributed by atoms with Gasteiger partial charge in [0.05, 0.1) is 10.6 Å². The van der Waals surface area contributed by atoms with Gasteiger partial charge in [-0.1, -0.05) is 31.9 Å². The maximum Gasteiger partial charge on any atom is 0.335 e. The monoisotopic (exact) mass is 349 g/mol. The molecule has 9 heteroatoms. The quantitative estimate of drug-likeness (QED) is 0.690. The molecule has 1 aromatic carbocycles. The average molecular weight is 350 g/mol. The molecule has 0 fully saturated rings. The smallest absolute Gasteiger partial charge is 0.335 e. The number of hydrogen-bond acceptors (Lipinski definition) is 4. The molecule has 122 valence electrons. The van der Waals surface area contributed by atoms with E-state index in [-0.39, 0.29) is 10.6 Å². The van der Waals surface area contributed by atoms with Crippen LogP contribution in [0.15, 0.2) is 23.1 Å². The molecule has 0 aromatic heterocycles. The highest BCUT2D eigenvalue weighted by Crippen LogP contribution is 2.24. The fourth-order valence-electron chi connectivity index (χ4n) is 1.72. The summed E-state index contributed by atoms with van der Waals surface area (Å²) in [5.74, 6) is -3.08. The van der Waals surface area contributed by atoms with Crippen LogP contribution in [0.2, 0.25) is 5.02 Å². The Labute approximate surface area is 133 Å². The molecule has 0 aliphatic heterocycles. The number of halogens is 1. The number of carbonyl (C=O) groups is 2. The summed E-state index contributed by atoms with van der Waals surface area (Å²) in [6.07, 6.45) is 0.447. The molecule has 3 N–H and O–H groups in total. The molecule has 0 heterocycles. The normalized spacial score (nSPS) is 14.3. The molecule has 0 bridgehead atoms. The number of aromatic carboxylic acids is 1. The van der Waals surface area contributed by atoms with E-state index in [0.717, 1.165) is 18.2 Å². The molecule has 22 heavy (non-hydrogen) atoms. The summed E-state index contributed by atoms with van der Waals surface area (Å²) in [6, 6.07) is 1.85. The van der Waals surface area contributed by atoms with Crippen LogP contribution in [0.1, 0.15) is 30.6 Å². The van der Waals surface area contributed by atoms with Crippen LogP contribution in [0.3, 0.4) is 0 Å². The van der Waals surface area contributed by atoms with Crippen molar-refractivity contribution in [3.05, 3.63) is 28.8 Å². The number of rotatable bonds is 7. The second-order valence-corrected chi connectivity index (χ2v) is 6.86. The predicted octanol–water partition coefficient (Wildman–Crippen LogP) is 1.82. The summed E-state index contributed by atoms with van der Waals surface area (Å²) in [4.78, 5) is 21.7. The minimum Gasteiger partial charge on any atom is -0.480 e. The summed E-state index contributed by atoms with van der Waals surface area (Å²) >= 11 is 5.80. The lowest BCUT2D eigenvalue weighted by molar-refractivity contribution is -0.140. The molecule has 1 aromatic rings. The van der Waals surface area contributed by atoms with E-state index in [9.17, 15) is 18.0 Å². The van der Waals surface area contributed by atoms with Gasteiger partial charge in [-0.05, 0) is 24.1 Å². The molecular formula is C13H16ClNO6S. The molecule has 7 nitrogen and oxygen atoms in total. The maximum atomic E-state index is 12.3. The maximum absolute atomic E-state index is 12.3. The minimum atomic E-state index is -4.27.